The molecule has 1 atom stereocenters. The number of thiazole rings is 2. The molecule has 144 valence electrons. The van der Waals surface area contributed by atoms with Gasteiger partial charge in [0.1, 0.15) is 5.69 Å². The standard InChI is InChI=1S/C19H20N6OS2/c1-12-10-22-19(28-12)24-18-17(20-7-8-21-18)15-4-3-9-25(15)16(26)6-5-14-11-27-13(2)23-14/h5-8,10-11,15H,3-4,9H2,1-2H3,(H,21,22,24). The van der Waals surface area contributed by atoms with E-state index in [4.69, 9.17) is 0 Å². The van der Waals surface area contributed by atoms with E-state index < -0.39 is 0 Å². The molecular weight excluding hydrogens is 392 g/mol. The van der Waals surface area contributed by atoms with Crippen molar-refractivity contribution in [3.05, 3.63) is 51.3 Å². The first-order valence-electron chi connectivity index (χ1n) is 9.01. The first kappa shape index (κ1) is 18.7. The topological polar surface area (TPSA) is 83.9 Å². The lowest BCUT2D eigenvalue weighted by molar-refractivity contribution is -0.126. The SMILES string of the molecule is Cc1cnc(Nc2nccnc2C2CCCN2C(=O)C=Cc2csc(C)n2)s1. The first-order valence-corrected chi connectivity index (χ1v) is 10.7. The molecule has 1 aliphatic heterocycles. The second kappa shape index (κ2) is 8.15. The van der Waals surface area contributed by atoms with E-state index in [0.29, 0.717) is 12.4 Å². The molecule has 3 aromatic rings. The summed E-state index contributed by atoms with van der Waals surface area (Å²) in [6, 6.07) is -0.105. The maximum absolute atomic E-state index is 12.8. The zero-order chi connectivity index (χ0) is 19.5. The molecule has 0 spiro atoms. The Kier molecular flexibility index (Phi) is 5.45. The van der Waals surface area contributed by atoms with Gasteiger partial charge in [0.2, 0.25) is 5.91 Å². The molecule has 7 nitrogen and oxygen atoms in total. The Bertz CT molecular complexity index is 1010. The number of aromatic nitrogens is 4. The van der Waals surface area contributed by atoms with Gasteiger partial charge in [0.25, 0.3) is 0 Å². The molecule has 4 rings (SSSR count). The second-order valence-corrected chi connectivity index (χ2v) is 8.80. The van der Waals surface area contributed by atoms with Crippen molar-refractivity contribution >= 4 is 45.6 Å². The monoisotopic (exact) mass is 412 g/mol. The highest BCUT2D eigenvalue weighted by Crippen LogP contribution is 2.35. The van der Waals surface area contributed by atoms with E-state index in [2.05, 4.69) is 25.3 Å². The zero-order valence-electron chi connectivity index (χ0n) is 15.6. The summed E-state index contributed by atoms with van der Waals surface area (Å²) < 4.78 is 0. The van der Waals surface area contributed by atoms with E-state index in [0.717, 1.165) is 39.2 Å². The molecule has 9 heteroatoms. The van der Waals surface area contributed by atoms with Crippen LogP contribution >= 0.6 is 22.7 Å². The first-order chi connectivity index (χ1) is 13.6. The third-order valence-corrected chi connectivity index (χ3v) is 6.08. The fourth-order valence-electron chi connectivity index (χ4n) is 3.23. The van der Waals surface area contributed by atoms with Crippen LogP contribution < -0.4 is 5.32 Å². The van der Waals surface area contributed by atoms with Crippen molar-refractivity contribution in [3.63, 3.8) is 0 Å². The summed E-state index contributed by atoms with van der Waals surface area (Å²) in [6.07, 6.45) is 10.3. The highest BCUT2D eigenvalue weighted by Gasteiger charge is 2.32. The van der Waals surface area contributed by atoms with Crippen molar-refractivity contribution < 1.29 is 4.79 Å². The molecule has 28 heavy (non-hydrogen) atoms. The third-order valence-electron chi connectivity index (χ3n) is 4.46. The van der Waals surface area contributed by atoms with Gasteiger partial charge >= 0.3 is 0 Å². The van der Waals surface area contributed by atoms with Gasteiger partial charge in [0.05, 0.1) is 16.7 Å². The van der Waals surface area contributed by atoms with E-state index in [1.54, 1.807) is 47.2 Å². The van der Waals surface area contributed by atoms with Crippen molar-refractivity contribution in [1.82, 2.24) is 24.8 Å². The maximum Gasteiger partial charge on any atom is 0.247 e. The predicted octanol–water partition coefficient (Wildman–Crippen LogP) is 4.13. The summed E-state index contributed by atoms with van der Waals surface area (Å²) in [5, 5.41) is 6.96. The van der Waals surface area contributed by atoms with Crippen LogP contribution in [-0.2, 0) is 4.79 Å². The van der Waals surface area contributed by atoms with Crippen molar-refractivity contribution in [2.24, 2.45) is 0 Å². The van der Waals surface area contributed by atoms with Gasteiger partial charge < -0.3 is 10.2 Å². The van der Waals surface area contributed by atoms with E-state index in [9.17, 15) is 4.79 Å². The summed E-state index contributed by atoms with van der Waals surface area (Å²) in [7, 11) is 0. The van der Waals surface area contributed by atoms with Gasteiger partial charge in [-0.3, -0.25) is 9.78 Å². The van der Waals surface area contributed by atoms with Gasteiger partial charge in [0, 0.05) is 41.5 Å². The van der Waals surface area contributed by atoms with Crippen molar-refractivity contribution in [2.45, 2.75) is 32.7 Å². The van der Waals surface area contributed by atoms with Crippen LogP contribution in [0.25, 0.3) is 6.08 Å². The summed E-state index contributed by atoms with van der Waals surface area (Å²) in [5.41, 5.74) is 1.59. The number of nitrogens with one attached hydrogen (secondary N) is 1. The molecule has 0 aliphatic carbocycles. The molecule has 1 aliphatic rings. The Morgan fingerprint density at radius 1 is 1.29 bits per heavy atom. The van der Waals surface area contributed by atoms with E-state index in [1.807, 2.05) is 30.3 Å². The normalized spacial score (nSPS) is 16.8. The van der Waals surface area contributed by atoms with Gasteiger partial charge in [-0.25, -0.2) is 15.0 Å². The number of amides is 1. The van der Waals surface area contributed by atoms with E-state index in [-0.39, 0.29) is 11.9 Å². The van der Waals surface area contributed by atoms with Crippen LogP contribution in [0.15, 0.2) is 30.0 Å². The lowest BCUT2D eigenvalue weighted by Gasteiger charge is -2.24. The number of nitrogens with zero attached hydrogens (tertiary/aromatic N) is 5. The Morgan fingerprint density at radius 3 is 2.89 bits per heavy atom. The minimum Gasteiger partial charge on any atom is -0.330 e. The molecule has 3 aromatic heterocycles. The number of carbonyl (C=O) groups is 1. The zero-order valence-corrected chi connectivity index (χ0v) is 17.3. The lowest BCUT2D eigenvalue weighted by Crippen LogP contribution is -2.30. The lowest BCUT2D eigenvalue weighted by atomic mass is 10.1. The van der Waals surface area contributed by atoms with Crippen molar-refractivity contribution in [2.75, 3.05) is 11.9 Å². The van der Waals surface area contributed by atoms with Crippen LogP contribution in [0.2, 0.25) is 0 Å². The van der Waals surface area contributed by atoms with Crippen LogP contribution in [0.1, 0.15) is 40.2 Å². The van der Waals surface area contributed by atoms with Gasteiger partial charge in [-0.2, -0.15) is 0 Å². The minimum absolute atomic E-state index is 0.0325. The summed E-state index contributed by atoms with van der Waals surface area (Å²) in [4.78, 5) is 33.5. The highest BCUT2D eigenvalue weighted by molar-refractivity contribution is 7.15. The minimum atomic E-state index is -0.105. The number of hydrogen-bond acceptors (Lipinski definition) is 8. The number of anilines is 2. The number of hydrogen-bond donors (Lipinski definition) is 1. The van der Waals surface area contributed by atoms with Crippen LogP contribution in [0.5, 0.6) is 0 Å². The fraction of sp³-hybridized carbons (Fsp3) is 0.316. The molecule has 0 radical (unpaired) electrons. The molecule has 1 saturated heterocycles. The van der Waals surface area contributed by atoms with Crippen LogP contribution in [0, 0.1) is 13.8 Å². The van der Waals surface area contributed by atoms with Crippen LogP contribution in [0.3, 0.4) is 0 Å². The molecule has 0 aromatic carbocycles. The van der Waals surface area contributed by atoms with Gasteiger partial charge in [0.15, 0.2) is 10.9 Å². The van der Waals surface area contributed by atoms with E-state index in [1.165, 1.54) is 0 Å². The average molecular weight is 413 g/mol. The number of carbonyl (C=O) groups excluding carboxylic acids is 1. The molecule has 0 saturated carbocycles. The smallest absolute Gasteiger partial charge is 0.247 e. The maximum atomic E-state index is 12.8. The third kappa shape index (κ3) is 4.10. The average Bonchev–Trinajstić information content (AvgIpc) is 3.42. The second-order valence-electron chi connectivity index (χ2n) is 6.51. The van der Waals surface area contributed by atoms with Gasteiger partial charge in [-0.1, -0.05) is 0 Å². The van der Waals surface area contributed by atoms with E-state index >= 15 is 0 Å². The fourth-order valence-corrected chi connectivity index (χ4v) is 4.47. The van der Waals surface area contributed by atoms with Crippen molar-refractivity contribution in [3.8, 4) is 0 Å². The Hall–Kier alpha value is -2.65. The van der Waals surface area contributed by atoms with Crippen LogP contribution in [-0.4, -0.2) is 37.3 Å². The molecule has 1 unspecified atom stereocenters. The number of aryl methyl sites for hydroxylation is 2. The Morgan fingerprint density at radius 2 is 2.14 bits per heavy atom. The predicted molar refractivity (Wildman–Crippen MR) is 112 cm³/mol. The number of likely N-dealkylation sites (tertiary alicyclic amines) is 1. The van der Waals surface area contributed by atoms with Crippen molar-refractivity contribution in [1.29, 1.82) is 0 Å². The molecule has 1 fully saturated rings. The summed E-state index contributed by atoms with van der Waals surface area (Å²) >= 11 is 3.13. The molecule has 0 bridgehead atoms. The number of rotatable bonds is 5. The van der Waals surface area contributed by atoms with Gasteiger partial charge in [-0.15, -0.1) is 22.7 Å². The summed E-state index contributed by atoms with van der Waals surface area (Å²) in [6.45, 7) is 4.66. The quantitative estimate of drug-likeness (QED) is 0.635. The van der Waals surface area contributed by atoms with Crippen LogP contribution in [0.4, 0.5) is 10.9 Å². The molecular formula is C19H20N6OS2. The largest absolute Gasteiger partial charge is 0.330 e. The highest BCUT2D eigenvalue weighted by atomic mass is 32.1. The molecule has 1 amide bonds. The molecule has 4 heterocycles. The summed E-state index contributed by atoms with van der Waals surface area (Å²) in [5.74, 6) is 0.621. The Balaban J connectivity index is 1.54. The van der Waals surface area contributed by atoms with Gasteiger partial charge in [-0.05, 0) is 32.8 Å². The Labute approximate surface area is 171 Å². The molecule has 1 N–H and O–H groups in total.